The lowest BCUT2D eigenvalue weighted by Gasteiger charge is -2.19. The predicted molar refractivity (Wildman–Crippen MR) is 91.9 cm³/mol. The minimum atomic E-state index is -5.86. The number of rotatable bonds is 6. The van der Waals surface area contributed by atoms with Gasteiger partial charge in [-0.15, -0.1) is 0 Å². The van der Waals surface area contributed by atoms with Gasteiger partial charge in [0.15, 0.2) is 22.3 Å². The molecule has 0 aliphatic heterocycles. The molecule has 0 bridgehead atoms. The molecule has 2 aromatic rings. The summed E-state index contributed by atoms with van der Waals surface area (Å²) in [6.45, 7) is -0.754. The maximum atomic E-state index is 13.0. The lowest BCUT2D eigenvalue weighted by atomic mass is 10.3. The van der Waals surface area contributed by atoms with Crippen molar-refractivity contribution in [1.82, 2.24) is 14.5 Å². The first kappa shape index (κ1) is 23.0. The predicted octanol–water partition coefficient (Wildman–Crippen LogP) is 2.87. The molecule has 29 heavy (non-hydrogen) atoms. The van der Waals surface area contributed by atoms with E-state index in [1.54, 1.807) is 0 Å². The molecule has 0 fully saturated rings. The van der Waals surface area contributed by atoms with Crippen LogP contribution in [0, 0.1) is 0 Å². The maximum Gasteiger partial charge on any atom is 0.456 e. The van der Waals surface area contributed by atoms with E-state index in [0.29, 0.717) is 10.8 Å². The highest BCUT2D eigenvalue weighted by Crippen LogP contribution is 2.35. The van der Waals surface area contributed by atoms with Crippen molar-refractivity contribution in [3.05, 3.63) is 33.8 Å². The van der Waals surface area contributed by atoms with E-state index in [1.807, 2.05) is 0 Å². The molecule has 0 aliphatic rings. The summed E-state index contributed by atoms with van der Waals surface area (Å²) in [7, 11) is -2.72. The lowest BCUT2D eigenvalue weighted by Crippen LogP contribution is -2.42. The van der Waals surface area contributed by atoms with Crippen LogP contribution < -0.4 is 10.3 Å². The van der Waals surface area contributed by atoms with Crippen LogP contribution in [0.15, 0.2) is 28.0 Å². The number of alkyl halides is 5. The molecule has 2 rings (SSSR count). The smallest absolute Gasteiger partial charge is 0.456 e. The summed E-state index contributed by atoms with van der Waals surface area (Å²) < 4.78 is 92.2. The highest BCUT2D eigenvalue weighted by Gasteiger charge is 2.58. The standard InChI is InChI=1S/C15H13ClF5N3O4S/c1-3-29(26,27)9-4-5-10(16)23-11(9)12-22-6-8(13(25)24(12)2)28-7-14(17,18)15(19,20)21/h4-6H,3,7H2,1-2H3. The zero-order chi connectivity index (χ0) is 22.2. The summed E-state index contributed by atoms with van der Waals surface area (Å²) in [4.78, 5) is 19.6. The number of ether oxygens (including phenoxy) is 1. The van der Waals surface area contributed by atoms with E-state index in [0.717, 1.165) is 13.1 Å². The zero-order valence-electron chi connectivity index (χ0n) is 14.8. The molecule has 0 spiro atoms. The van der Waals surface area contributed by atoms with Crippen LogP contribution in [-0.4, -0.2) is 47.4 Å². The van der Waals surface area contributed by atoms with Crippen molar-refractivity contribution >= 4 is 21.4 Å². The second-order valence-electron chi connectivity index (χ2n) is 5.69. The van der Waals surface area contributed by atoms with Gasteiger partial charge in [-0.2, -0.15) is 22.0 Å². The summed E-state index contributed by atoms with van der Waals surface area (Å²) in [6, 6.07) is 2.37. The third kappa shape index (κ3) is 4.66. The average Bonchev–Trinajstić information content (AvgIpc) is 2.61. The highest BCUT2D eigenvalue weighted by molar-refractivity contribution is 7.91. The van der Waals surface area contributed by atoms with E-state index in [4.69, 9.17) is 11.6 Å². The average molecular weight is 462 g/mol. The molecule has 0 aromatic carbocycles. The van der Waals surface area contributed by atoms with Gasteiger partial charge in [0.2, 0.25) is 5.75 Å². The van der Waals surface area contributed by atoms with E-state index < -0.39 is 39.9 Å². The Kier molecular flexibility index (Phi) is 6.23. The van der Waals surface area contributed by atoms with Crippen LogP contribution in [0.25, 0.3) is 11.5 Å². The number of hydrogen-bond donors (Lipinski definition) is 0. The minimum absolute atomic E-state index is 0.116. The Morgan fingerprint density at radius 3 is 2.38 bits per heavy atom. The molecule has 0 aliphatic carbocycles. The third-order valence-electron chi connectivity index (χ3n) is 3.71. The van der Waals surface area contributed by atoms with Crippen LogP contribution >= 0.6 is 11.6 Å². The van der Waals surface area contributed by atoms with Gasteiger partial charge in [0.05, 0.1) is 16.8 Å². The number of pyridine rings is 1. The molecule has 7 nitrogen and oxygen atoms in total. The van der Waals surface area contributed by atoms with E-state index >= 15 is 0 Å². The Balaban J connectivity index is 2.52. The second kappa shape index (κ2) is 7.86. The van der Waals surface area contributed by atoms with Gasteiger partial charge in [-0.25, -0.2) is 18.4 Å². The van der Waals surface area contributed by atoms with E-state index in [-0.39, 0.29) is 27.3 Å². The first-order valence-corrected chi connectivity index (χ1v) is 9.77. The molecule has 0 radical (unpaired) electrons. The minimum Gasteiger partial charge on any atom is -0.480 e. The highest BCUT2D eigenvalue weighted by atomic mass is 35.5. The molecular weight excluding hydrogens is 449 g/mol. The van der Waals surface area contributed by atoms with E-state index in [2.05, 4.69) is 14.7 Å². The summed E-state index contributed by atoms with van der Waals surface area (Å²) in [5.74, 6) is -6.68. The van der Waals surface area contributed by atoms with Crippen molar-refractivity contribution in [1.29, 1.82) is 0 Å². The van der Waals surface area contributed by atoms with Crippen LogP contribution in [-0.2, 0) is 16.9 Å². The Labute approximate surface area is 166 Å². The number of hydrogen-bond acceptors (Lipinski definition) is 6. The summed E-state index contributed by atoms with van der Waals surface area (Å²) >= 11 is 5.79. The topological polar surface area (TPSA) is 91.2 Å². The third-order valence-corrected chi connectivity index (χ3v) is 5.68. The van der Waals surface area contributed by atoms with Gasteiger partial charge in [0, 0.05) is 7.05 Å². The van der Waals surface area contributed by atoms with Gasteiger partial charge in [0.25, 0.3) is 5.56 Å². The van der Waals surface area contributed by atoms with E-state index in [1.165, 1.54) is 13.0 Å². The van der Waals surface area contributed by atoms with Crippen molar-refractivity contribution in [2.45, 2.75) is 23.9 Å². The van der Waals surface area contributed by atoms with Gasteiger partial charge in [-0.05, 0) is 12.1 Å². The van der Waals surface area contributed by atoms with Crippen molar-refractivity contribution in [2.75, 3.05) is 12.4 Å². The molecule has 0 amide bonds. The Bertz CT molecular complexity index is 1090. The molecule has 2 aromatic heterocycles. The molecular formula is C15H13ClF5N3O4S. The van der Waals surface area contributed by atoms with E-state index in [9.17, 15) is 35.2 Å². The zero-order valence-corrected chi connectivity index (χ0v) is 16.4. The van der Waals surface area contributed by atoms with Crippen LogP contribution in [0.5, 0.6) is 5.75 Å². The molecule has 2 heterocycles. The van der Waals surface area contributed by atoms with Crippen LogP contribution in [0.2, 0.25) is 5.15 Å². The fourth-order valence-corrected chi connectivity index (χ4v) is 3.25. The molecule has 0 atom stereocenters. The first-order chi connectivity index (χ1) is 13.2. The van der Waals surface area contributed by atoms with Crippen LogP contribution in [0.4, 0.5) is 22.0 Å². The van der Waals surface area contributed by atoms with Gasteiger partial charge in [0.1, 0.15) is 10.8 Å². The van der Waals surface area contributed by atoms with Crippen molar-refractivity contribution in [2.24, 2.45) is 7.05 Å². The first-order valence-electron chi connectivity index (χ1n) is 7.74. The Morgan fingerprint density at radius 1 is 1.21 bits per heavy atom. The molecule has 0 saturated carbocycles. The fourth-order valence-electron chi connectivity index (χ4n) is 2.08. The Morgan fingerprint density at radius 2 is 1.83 bits per heavy atom. The second-order valence-corrected chi connectivity index (χ2v) is 8.32. The van der Waals surface area contributed by atoms with Crippen LogP contribution in [0.1, 0.15) is 6.92 Å². The summed E-state index contributed by atoms with van der Waals surface area (Å²) in [6.07, 6.45) is -5.26. The lowest BCUT2D eigenvalue weighted by molar-refractivity contribution is -0.290. The number of aromatic nitrogens is 3. The largest absolute Gasteiger partial charge is 0.480 e. The summed E-state index contributed by atoms with van der Waals surface area (Å²) in [5, 5.41) is -0.116. The van der Waals surface area contributed by atoms with Gasteiger partial charge in [-0.3, -0.25) is 9.36 Å². The number of sulfone groups is 1. The van der Waals surface area contributed by atoms with Crippen molar-refractivity contribution in [3.63, 3.8) is 0 Å². The quantitative estimate of drug-likeness (QED) is 0.485. The van der Waals surface area contributed by atoms with Gasteiger partial charge >= 0.3 is 12.1 Å². The van der Waals surface area contributed by atoms with Gasteiger partial charge in [-0.1, -0.05) is 18.5 Å². The summed E-state index contributed by atoms with van der Waals surface area (Å²) in [5.41, 5.74) is -1.42. The van der Waals surface area contributed by atoms with Gasteiger partial charge < -0.3 is 4.74 Å². The van der Waals surface area contributed by atoms with Crippen molar-refractivity contribution in [3.8, 4) is 17.3 Å². The van der Waals surface area contributed by atoms with Crippen molar-refractivity contribution < 1.29 is 35.1 Å². The molecule has 0 N–H and O–H groups in total. The number of halogens is 6. The number of nitrogens with zero attached hydrogens (tertiary/aromatic N) is 3. The molecule has 160 valence electrons. The SMILES string of the molecule is CCS(=O)(=O)c1ccc(Cl)nc1-c1ncc(OCC(F)(F)C(F)(F)F)c(=O)n1C. The molecule has 0 saturated heterocycles. The monoisotopic (exact) mass is 461 g/mol. The normalized spacial score (nSPS) is 12.8. The van der Waals surface area contributed by atoms with Crippen LogP contribution in [0.3, 0.4) is 0 Å². The maximum absolute atomic E-state index is 13.0. The Hall–Kier alpha value is -2.28. The molecule has 0 unspecified atom stereocenters. The fraction of sp³-hybridized carbons (Fsp3) is 0.400. The molecule has 14 heteroatoms.